The van der Waals surface area contributed by atoms with E-state index in [-0.39, 0.29) is 24.5 Å². The highest BCUT2D eigenvalue weighted by atomic mass is 19.1. The first kappa shape index (κ1) is 14.4. The molecule has 4 nitrogen and oxygen atoms in total. The van der Waals surface area contributed by atoms with Crippen LogP contribution in [0.3, 0.4) is 0 Å². The summed E-state index contributed by atoms with van der Waals surface area (Å²) in [5.41, 5.74) is 0.127. The van der Waals surface area contributed by atoms with Gasteiger partial charge in [-0.2, -0.15) is 0 Å². The van der Waals surface area contributed by atoms with Crippen LogP contribution in [0, 0.1) is 11.6 Å². The summed E-state index contributed by atoms with van der Waals surface area (Å²) >= 11 is 0. The van der Waals surface area contributed by atoms with Crippen LogP contribution >= 0.6 is 0 Å². The van der Waals surface area contributed by atoms with Crippen LogP contribution in [-0.2, 0) is 11.4 Å². The van der Waals surface area contributed by atoms with Crippen molar-refractivity contribution in [2.75, 3.05) is 20.7 Å². The zero-order valence-corrected chi connectivity index (χ0v) is 10.2. The van der Waals surface area contributed by atoms with Crippen LogP contribution in [0.25, 0.3) is 0 Å². The van der Waals surface area contributed by atoms with E-state index in [0.717, 1.165) is 12.1 Å². The molecule has 0 aliphatic rings. The van der Waals surface area contributed by atoms with Gasteiger partial charge in [-0.15, -0.1) is 0 Å². The smallest absolute Gasteiger partial charge is 0.225 e. The van der Waals surface area contributed by atoms with Crippen LogP contribution in [0.4, 0.5) is 8.78 Å². The number of halogens is 2. The van der Waals surface area contributed by atoms with E-state index in [0.29, 0.717) is 0 Å². The molecule has 0 aliphatic heterocycles. The molecule has 1 rings (SSSR count). The van der Waals surface area contributed by atoms with Crippen molar-refractivity contribution in [1.82, 2.24) is 4.90 Å². The molecule has 0 bridgehead atoms. The third-order valence-electron chi connectivity index (χ3n) is 2.30. The van der Waals surface area contributed by atoms with Gasteiger partial charge in [-0.05, 0) is 17.7 Å². The predicted octanol–water partition coefficient (Wildman–Crippen LogP) is 1.31. The van der Waals surface area contributed by atoms with Crippen molar-refractivity contribution in [2.45, 2.75) is 13.0 Å². The maximum Gasteiger partial charge on any atom is 0.225 e. The SMILES string of the molecule is CN(C)C(=O)CCOc1c(F)cc(CO)cc1F. The maximum atomic E-state index is 13.4. The Balaban J connectivity index is 2.65. The quantitative estimate of drug-likeness (QED) is 0.867. The first-order valence-electron chi connectivity index (χ1n) is 5.37. The number of nitrogens with zero attached hydrogens (tertiary/aromatic N) is 1. The van der Waals surface area contributed by atoms with E-state index < -0.39 is 24.0 Å². The second-order valence-electron chi connectivity index (χ2n) is 3.93. The summed E-state index contributed by atoms with van der Waals surface area (Å²) in [6, 6.07) is 1.98. The van der Waals surface area contributed by atoms with Crippen molar-refractivity contribution < 1.29 is 23.4 Å². The monoisotopic (exact) mass is 259 g/mol. The Morgan fingerprint density at radius 2 is 1.89 bits per heavy atom. The van der Waals surface area contributed by atoms with Gasteiger partial charge in [-0.25, -0.2) is 8.78 Å². The van der Waals surface area contributed by atoms with Crippen molar-refractivity contribution in [2.24, 2.45) is 0 Å². The molecular weight excluding hydrogens is 244 g/mol. The largest absolute Gasteiger partial charge is 0.487 e. The van der Waals surface area contributed by atoms with E-state index in [2.05, 4.69) is 0 Å². The van der Waals surface area contributed by atoms with Gasteiger partial charge in [0, 0.05) is 14.1 Å². The van der Waals surface area contributed by atoms with E-state index in [4.69, 9.17) is 9.84 Å². The first-order valence-corrected chi connectivity index (χ1v) is 5.37. The summed E-state index contributed by atoms with van der Waals surface area (Å²) < 4.78 is 31.7. The van der Waals surface area contributed by atoms with Crippen LogP contribution in [0.15, 0.2) is 12.1 Å². The molecule has 0 unspecified atom stereocenters. The van der Waals surface area contributed by atoms with E-state index in [1.807, 2.05) is 0 Å². The Hall–Kier alpha value is -1.69. The molecule has 6 heteroatoms. The fraction of sp³-hybridized carbons (Fsp3) is 0.417. The van der Waals surface area contributed by atoms with Crippen LogP contribution in [0.2, 0.25) is 0 Å². The van der Waals surface area contributed by atoms with Gasteiger partial charge in [0.15, 0.2) is 17.4 Å². The van der Waals surface area contributed by atoms with Crippen molar-refractivity contribution in [1.29, 1.82) is 0 Å². The minimum atomic E-state index is -0.892. The van der Waals surface area contributed by atoms with Gasteiger partial charge in [-0.1, -0.05) is 0 Å². The van der Waals surface area contributed by atoms with E-state index in [1.54, 1.807) is 14.1 Å². The zero-order valence-electron chi connectivity index (χ0n) is 10.2. The van der Waals surface area contributed by atoms with Crippen LogP contribution in [-0.4, -0.2) is 36.6 Å². The molecule has 0 saturated carbocycles. The Morgan fingerprint density at radius 3 is 2.33 bits per heavy atom. The van der Waals surface area contributed by atoms with Crippen LogP contribution in [0.5, 0.6) is 5.75 Å². The molecule has 0 aromatic heterocycles. The Morgan fingerprint density at radius 1 is 1.33 bits per heavy atom. The van der Waals surface area contributed by atoms with E-state index >= 15 is 0 Å². The van der Waals surface area contributed by atoms with Crippen molar-refractivity contribution in [3.8, 4) is 5.75 Å². The number of carbonyl (C=O) groups excluding carboxylic acids is 1. The van der Waals surface area contributed by atoms with Gasteiger partial charge in [0.25, 0.3) is 0 Å². The summed E-state index contributed by atoms with van der Waals surface area (Å²) in [4.78, 5) is 12.6. The Labute approximate surface area is 104 Å². The van der Waals surface area contributed by atoms with Gasteiger partial charge in [0.1, 0.15) is 0 Å². The molecule has 0 atom stereocenters. The lowest BCUT2D eigenvalue weighted by molar-refractivity contribution is -0.129. The molecule has 1 aromatic rings. The molecule has 0 saturated heterocycles. The van der Waals surface area contributed by atoms with Gasteiger partial charge >= 0.3 is 0 Å². The molecule has 1 amide bonds. The summed E-state index contributed by atoms with van der Waals surface area (Å²) in [6.07, 6.45) is 0.0353. The summed E-state index contributed by atoms with van der Waals surface area (Å²) in [7, 11) is 3.17. The molecular formula is C12H15F2NO3. The Bertz CT molecular complexity index is 412. The van der Waals surface area contributed by atoms with Crippen LogP contribution in [0.1, 0.15) is 12.0 Å². The minimum absolute atomic E-state index is 0.0353. The number of aliphatic hydroxyl groups excluding tert-OH is 1. The average molecular weight is 259 g/mol. The molecule has 0 fully saturated rings. The summed E-state index contributed by atoms with van der Waals surface area (Å²) in [5.74, 6) is -2.51. The summed E-state index contributed by atoms with van der Waals surface area (Å²) in [6.45, 7) is -0.559. The number of benzene rings is 1. The third kappa shape index (κ3) is 3.66. The fourth-order valence-corrected chi connectivity index (χ4v) is 1.31. The number of hydrogen-bond acceptors (Lipinski definition) is 3. The topological polar surface area (TPSA) is 49.8 Å². The lowest BCUT2D eigenvalue weighted by atomic mass is 10.2. The molecule has 1 aromatic carbocycles. The fourth-order valence-electron chi connectivity index (χ4n) is 1.31. The lowest BCUT2D eigenvalue weighted by Crippen LogP contribution is -2.23. The molecule has 0 heterocycles. The number of hydrogen-bond donors (Lipinski definition) is 1. The standard InChI is InChI=1S/C12H15F2NO3/c1-15(2)11(17)3-4-18-12-9(13)5-8(7-16)6-10(12)14/h5-6,16H,3-4,7H2,1-2H3. The molecule has 0 aliphatic carbocycles. The van der Waals surface area contributed by atoms with Crippen molar-refractivity contribution in [3.63, 3.8) is 0 Å². The highest BCUT2D eigenvalue weighted by Gasteiger charge is 2.13. The molecule has 0 radical (unpaired) electrons. The van der Waals surface area contributed by atoms with Gasteiger partial charge in [-0.3, -0.25) is 4.79 Å². The minimum Gasteiger partial charge on any atom is -0.487 e. The summed E-state index contributed by atoms with van der Waals surface area (Å²) in [5, 5.41) is 8.76. The highest BCUT2D eigenvalue weighted by Crippen LogP contribution is 2.23. The lowest BCUT2D eigenvalue weighted by Gasteiger charge is -2.12. The highest BCUT2D eigenvalue weighted by molar-refractivity contribution is 5.75. The Kier molecular flexibility index (Phi) is 5.03. The van der Waals surface area contributed by atoms with Gasteiger partial charge in [0.05, 0.1) is 19.6 Å². The number of carbonyl (C=O) groups is 1. The average Bonchev–Trinajstić information content (AvgIpc) is 2.31. The second kappa shape index (κ2) is 6.30. The normalized spacial score (nSPS) is 10.3. The molecule has 1 N–H and O–H groups in total. The number of amides is 1. The molecule has 18 heavy (non-hydrogen) atoms. The maximum absolute atomic E-state index is 13.4. The van der Waals surface area contributed by atoms with Crippen molar-refractivity contribution >= 4 is 5.91 Å². The molecule has 0 spiro atoms. The number of ether oxygens (including phenoxy) is 1. The number of rotatable bonds is 5. The zero-order chi connectivity index (χ0) is 13.7. The third-order valence-corrected chi connectivity index (χ3v) is 2.30. The number of aliphatic hydroxyl groups is 1. The predicted molar refractivity (Wildman–Crippen MR) is 61.1 cm³/mol. The second-order valence-corrected chi connectivity index (χ2v) is 3.93. The van der Waals surface area contributed by atoms with Gasteiger partial charge < -0.3 is 14.7 Å². The van der Waals surface area contributed by atoms with Crippen molar-refractivity contribution in [3.05, 3.63) is 29.3 Å². The molecule has 100 valence electrons. The van der Waals surface area contributed by atoms with E-state index in [1.165, 1.54) is 4.90 Å². The first-order chi connectivity index (χ1) is 8.45. The van der Waals surface area contributed by atoms with E-state index in [9.17, 15) is 13.6 Å². The van der Waals surface area contributed by atoms with Crippen LogP contribution < -0.4 is 4.74 Å². The van der Waals surface area contributed by atoms with Gasteiger partial charge in [0.2, 0.25) is 5.91 Å².